The fraction of sp³-hybridized carbons (Fsp3) is 0.241. The third kappa shape index (κ3) is 5.43. The molecule has 0 radical (unpaired) electrons. The molecule has 4 aromatic rings. The van der Waals surface area contributed by atoms with Crippen LogP contribution in [0.1, 0.15) is 29.8 Å². The number of rotatable bonds is 9. The fourth-order valence-electron chi connectivity index (χ4n) is 4.45. The third-order valence-corrected chi connectivity index (χ3v) is 6.53. The molecular weight excluding hydrogens is 495 g/mol. The van der Waals surface area contributed by atoms with Crippen LogP contribution in [-0.2, 0) is 13.1 Å². The summed E-state index contributed by atoms with van der Waals surface area (Å²) in [5.74, 6) is -1.45. The zero-order chi connectivity index (χ0) is 27.4. The second-order valence-electron chi connectivity index (χ2n) is 9.01. The summed E-state index contributed by atoms with van der Waals surface area (Å²) in [6.45, 7) is 3.20. The minimum atomic E-state index is -0.795. The second-order valence-corrected chi connectivity index (χ2v) is 9.01. The lowest BCUT2D eigenvalue weighted by Gasteiger charge is -2.22. The van der Waals surface area contributed by atoms with Gasteiger partial charge in [0.25, 0.3) is 5.56 Å². The monoisotopic (exact) mass is 523 g/mol. The number of benzene rings is 3. The third-order valence-electron chi connectivity index (χ3n) is 6.53. The number of halogens is 3. The first kappa shape index (κ1) is 26.9. The van der Waals surface area contributed by atoms with E-state index in [-0.39, 0.29) is 35.7 Å². The van der Waals surface area contributed by atoms with Gasteiger partial charge in [-0.25, -0.2) is 18.0 Å². The zero-order valence-corrected chi connectivity index (χ0v) is 21.3. The molecule has 38 heavy (non-hydrogen) atoms. The van der Waals surface area contributed by atoms with Crippen molar-refractivity contribution in [3.05, 3.63) is 122 Å². The van der Waals surface area contributed by atoms with Crippen LogP contribution in [0.15, 0.2) is 76.3 Å². The van der Waals surface area contributed by atoms with Crippen LogP contribution < -0.4 is 21.3 Å². The van der Waals surface area contributed by atoms with Crippen molar-refractivity contribution in [1.29, 1.82) is 0 Å². The zero-order valence-electron chi connectivity index (χ0n) is 21.3. The first-order valence-corrected chi connectivity index (χ1v) is 12.1. The smallest absolute Gasteiger partial charge is 0.331 e. The Kier molecular flexibility index (Phi) is 8.16. The number of ether oxygens (including phenoxy) is 1. The lowest BCUT2D eigenvalue weighted by Crippen LogP contribution is -2.45. The number of hydrogen-bond acceptors (Lipinski definition) is 4. The summed E-state index contributed by atoms with van der Waals surface area (Å²) in [7, 11) is 1.50. The van der Waals surface area contributed by atoms with E-state index >= 15 is 0 Å². The molecule has 0 saturated heterocycles. The predicted octanol–water partition coefficient (Wildman–Crippen LogP) is 4.81. The second kappa shape index (κ2) is 11.5. The molecule has 0 unspecified atom stereocenters. The Hall–Kier alpha value is -4.11. The van der Waals surface area contributed by atoms with Gasteiger partial charge < -0.3 is 10.1 Å². The van der Waals surface area contributed by atoms with Gasteiger partial charge in [-0.05, 0) is 49.7 Å². The standard InChI is InChI=1S/C29H28F3N3O3/c1-18(15-33-16-21-8-4-5-11-24(21)30)35-28(36)27(20-9-6-10-22(14-20)38-3)19(2)34(29(35)37)17-23-25(31)12-7-13-26(23)32/h4-14,18,33H,15-17H2,1-3H3/t18-/m0/s1. The van der Waals surface area contributed by atoms with Gasteiger partial charge in [-0.15, -0.1) is 0 Å². The largest absolute Gasteiger partial charge is 0.497 e. The van der Waals surface area contributed by atoms with E-state index in [1.807, 2.05) is 0 Å². The quantitative estimate of drug-likeness (QED) is 0.342. The Bertz CT molecular complexity index is 1560. The van der Waals surface area contributed by atoms with Crippen LogP contribution in [0.3, 0.4) is 0 Å². The molecular formula is C29H28F3N3O3. The predicted molar refractivity (Wildman–Crippen MR) is 140 cm³/mol. The molecule has 1 N–H and O–H groups in total. The van der Waals surface area contributed by atoms with Crippen molar-refractivity contribution in [3.63, 3.8) is 0 Å². The summed E-state index contributed by atoms with van der Waals surface area (Å²) in [4.78, 5) is 27.4. The fourth-order valence-corrected chi connectivity index (χ4v) is 4.45. The van der Waals surface area contributed by atoms with Crippen molar-refractivity contribution < 1.29 is 17.9 Å². The number of nitrogens with one attached hydrogen (secondary N) is 1. The summed E-state index contributed by atoms with van der Waals surface area (Å²) in [6, 6.07) is 15.9. The van der Waals surface area contributed by atoms with E-state index in [0.717, 1.165) is 16.7 Å². The molecule has 0 fully saturated rings. The lowest BCUT2D eigenvalue weighted by molar-refractivity contribution is 0.415. The Morgan fingerprint density at radius 2 is 1.58 bits per heavy atom. The Labute approximate surface area is 217 Å². The van der Waals surface area contributed by atoms with Gasteiger partial charge in [-0.3, -0.25) is 13.9 Å². The normalized spacial score (nSPS) is 11.9. The van der Waals surface area contributed by atoms with Gasteiger partial charge in [-0.1, -0.05) is 36.4 Å². The van der Waals surface area contributed by atoms with Crippen LogP contribution >= 0.6 is 0 Å². The van der Waals surface area contributed by atoms with E-state index in [1.54, 1.807) is 56.3 Å². The van der Waals surface area contributed by atoms with Gasteiger partial charge in [0, 0.05) is 29.9 Å². The first-order chi connectivity index (χ1) is 18.2. The van der Waals surface area contributed by atoms with Crippen molar-refractivity contribution in [1.82, 2.24) is 14.5 Å². The summed E-state index contributed by atoms with van der Waals surface area (Å²) >= 11 is 0. The topological polar surface area (TPSA) is 65.3 Å². The summed E-state index contributed by atoms with van der Waals surface area (Å²) in [6.07, 6.45) is 0. The van der Waals surface area contributed by atoms with E-state index in [0.29, 0.717) is 16.9 Å². The van der Waals surface area contributed by atoms with Gasteiger partial charge >= 0.3 is 5.69 Å². The van der Waals surface area contributed by atoms with Crippen LogP contribution in [0, 0.1) is 24.4 Å². The van der Waals surface area contributed by atoms with Crippen molar-refractivity contribution in [2.24, 2.45) is 0 Å². The van der Waals surface area contributed by atoms with Crippen LogP contribution in [0.25, 0.3) is 11.1 Å². The highest BCUT2D eigenvalue weighted by atomic mass is 19.1. The average Bonchev–Trinajstić information content (AvgIpc) is 2.89. The highest BCUT2D eigenvalue weighted by Crippen LogP contribution is 2.25. The Balaban J connectivity index is 1.81. The van der Waals surface area contributed by atoms with Gasteiger partial charge in [0.2, 0.25) is 0 Å². The van der Waals surface area contributed by atoms with Crippen LogP contribution in [0.5, 0.6) is 5.75 Å². The molecule has 0 aliphatic carbocycles. The number of nitrogens with zero attached hydrogens (tertiary/aromatic N) is 2. The van der Waals surface area contributed by atoms with E-state index in [4.69, 9.17) is 4.74 Å². The molecule has 0 aliphatic rings. The molecule has 6 nitrogen and oxygen atoms in total. The molecule has 1 heterocycles. The van der Waals surface area contributed by atoms with E-state index in [1.165, 1.54) is 23.8 Å². The molecule has 198 valence electrons. The molecule has 1 atom stereocenters. The Morgan fingerprint density at radius 1 is 0.921 bits per heavy atom. The maximum atomic E-state index is 14.5. The number of methoxy groups -OCH3 is 1. The number of hydrogen-bond donors (Lipinski definition) is 1. The molecule has 0 saturated carbocycles. The van der Waals surface area contributed by atoms with Gasteiger partial charge in [0.05, 0.1) is 25.3 Å². The van der Waals surface area contributed by atoms with Crippen molar-refractivity contribution in [2.45, 2.75) is 33.0 Å². The SMILES string of the molecule is COc1cccc(-c2c(C)n(Cc3c(F)cccc3F)c(=O)n([C@@H](C)CNCc3ccccc3F)c2=O)c1. The molecule has 0 bridgehead atoms. The van der Waals surface area contributed by atoms with Crippen molar-refractivity contribution in [2.75, 3.05) is 13.7 Å². The maximum absolute atomic E-state index is 14.5. The molecule has 9 heteroatoms. The average molecular weight is 524 g/mol. The Morgan fingerprint density at radius 3 is 2.26 bits per heavy atom. The highest BCUT2D eigenvalue weighted by Gasteiger charge is 2.23. The minimum absolute atomic E-state index is 0.165. The van der Waals surface area contributed by atoms with Crippen LogP contribution in [0.2, 0.25) is 0 Å². The maximum Gasteiger partial charge on any atom is 0.331 e. The molecule has 3 aromatic carbocycles. The summed E-state index contributed by atoms with van der Waals surface area (Å²) in [5.41, 5.74) is -0.131. The molecule has 0 amide bonds. The lowest BCUT2D eigenvalue weighted by atomic mass is 10.0. The minimum Gasteiger partial charge on any atom is -0.497 e. The molecule has 0 aliphatic heterocycles. The first-order valence-electron chi connectivity index (χ1n) is 12.1. The molecule has 1 aromatic heterocycles. The molecule has 0 spiro atoms. The van der Waals surface area contributed by atoms with E-state index < -0.39 is 35.5 Å². The van der Waals surface area contributed by atoms with Crippen LogP contribution in [0.4, 0.5) is 13.2 Å². The van der Waals surface area contributed by atoms with Gasteiger partial charge in [0.1, 0.15) is 23.2 Å². The summed E-state index contributed by atoms with van der Waals surface area (Å²) in [5, 5.41) is 3.09. The highest BCUT2D eigenvalue weighted by molar-refractivity contribution is 5.66. The van der Waals surface area contributed by atoms with E-state index in [9.17, 15) is 22.8 Å². The van der Waals surface area contributed by atoms with E-state index in [2.05, 4.69) is 5.32 Å². The number of aromatic nitrogens is 2. The van der Waals surface area contributed by atoms with Crippen LogP contribution in [-0.4, -0.2) is 22.8 Å². The van der Waals surface area contributed by atoms with Gasteiger partial charge in [-0.2, -0.15) is 0 Å². The van der Waals surface area contributed by atoms with Crippen molar-refractivity contribution >= 4 is 0 Å². The summed E-state index contributed by atoms with van der Waals surface area (Å²) < 4.78 is 50.7. The van der Waals surface area contributed by atoms with Gasteiger partial charge in [0.15, 0.2) is 0 Å². The molecule has 4 rings (SSSR count). The van der Waals surface area contributed by atoms with Crippen molar-refractivity contribution in [3.8, 4) is 16.9 Å².